The third-order valence-corrected chi connectivity index (χ3v) is 3.86. The van der Waals surface area contributed by atoms with Crippen LogP contribution < -0.4 is 10.2 Å². The molecule has 106 valence electrons. The van der Waals surface area contributed by atoms with Gasteiger partial charge in [-0.1, -0.05) is 25.4 Å². The molecule has 4 heteroatoms. The van der Waals surface area contributed by atoms with E-state index in [-0.39, 0.29) is 5.82 Å². The van der Waals surface area contributed by atoms with E-state index in [0.29, 0.717) is 28.7 Å². The quantitative estimate of drug-likeness (QED) is 0.911. The molecule has 0 saturated carbocycles. The Balaban J connectivity index is 2.16. The largest absolute Gasteiger partial charge is 0.364 e. The average Bonchev–Trinajstić information content (AvgIpc) is 2.31. The number of halogens is 2. The molecule has 0 bridgehead atoms. The van der Waals surface area contributed by atoms with Gasteiger partial charge in [-0.05, 0) is 37.5 Å². The lowest BCUT2D eigenvalue weighted by atomic mass is 9.99. The number of hydrogen-bond acceptors (Lipinski definition) is 2. The number of piperazine rings is 1. The second-order valence-electron chi connectivity index (χ2n) is 5.83. The van der Waals surface area contributed by atoms with Crippen LogP contribution in [0.1, 0.15) is 27.2 Å². The van der Waals surface area contributed by atoms with Crippen molar-refractivity contribution in [3.63, 3.8) is 0 Å². The fourth-order valence-corrected chi connectivity index (χ4v) is 2.87. The van der Waals surface area contributed by atoms with E-state index < -0.39 is 0 Å². The Labute approximate surface area is 119 Å². The van der Waals surface area contributed by atoms with Gasteiger partial charge in [0.25, 0.3) is 0 Å². The van der Waals surface area contributed by atoms with Gasteiger partial charge >= 0.3 is 0 Å². The van der Waals surface area contributed by atoms with Crippen molar-refractivity contribution in [2.24, 2.45) is 5.92 Å². The summed E-state index contributed by atoms with van der Waals surface area (Å²) in [7, 11) is 0. The van der Waals surface area contributed by atoms with E-state index in [0.717, 1.165) is 19.5 Å². The Morgan fingerprint density at radius 3 is 2.84 bits per heavy atom. The molecule has 1 aromatic carbocycles. The summed E-state index contributed by atoms with van der Waals surface area (Å²) in [5.41, 5.74) is 0.659. The number of rotatable bonds is 3. The van der Waals surface area contributed by atoms with Crippen LogP contribution in [0.25, 0.3) is 0 Å². The smallest absolute Gasteiger partial charge is 0.147 e. The molecule has 19 heavy (non-hydrogen) atoms. The Bertz CT molecular complexity index is 436. The summed E-state index contributed by atoms with van der Waals surface area (Å²) in [6.45, 7) is 8.28. The van der Waals surface area contributed by atoms with Crippen LogP contribution in [-0.2, 0) is 0 Å². The zero-order valence-electron chi connectivity index (χ0n) is 11.8. The fraction of sp³-hybridized carbons (Fsp3) is 0.600. The van der Waals surface area contributed by atoms with E-state index in [4.69, 9.17) is 11.6 Å². The van der Waals surface area contributed by atoms with Crippen molar-refractivity contribution < 1.29 is 4.39 Å². The molecule has 1 aliphatic heterocycles. The van der Waals surface area contributed by atoms with Crippen LogP contribution >= 0.6 is 11.6 Å². The van der Waals surface area contributed by atoms with Gasteiger partial charge in [-0.3, -0.25) is 0 Å². The van der Waals surface area contributed by atoms with Crippen LogP contribution in [0.4, 0.5) is 10.1 Å². The summed E-state index contributed by atoms with van der Waals surface area (Å²) in [6.07, 6.45) is 1.11. The van der Waals surface area contributed by atoms with Crippen molar-refractivity contribution >= 4 is 17.3 Å². The lowest BCUT2D eigenvalue weighted by Gasteiger charge is -2.41. The number of nitrogens with one attached hydrogen (secondary N) is 1. The summed E-state index contributed by atoms with van der Waals surface area (Å²) < 4.78 is 14.1. The first-order valence-corrected chi connectivity index (χ1v) is 7.30. The Morgan fingerprint density at radius 1 is 1.47 bits per heavy atom. The summed E-state index contributed by atoms with van der Waals surface area (Å²) in [5.74, 6) is 0.410. The summed E-state index contributed by atoms with van der Waals surface area (Å²) in [5, 5.41) is 3.99. The van der Waals surface area contributed by atoms with E-state index >= 15 is 0 Å². The van der Waals surface area contributed by atoms with Crippen molar-refractivity contribution in [2.45, 2.75) is 39.3 Å². The van der Waals surface area contributed by atoms with Crippen LogP contribution in [0, 0.1) is 11.7 Å². The molecule has 1 heterocycles. The van der Waals surface area contributed by atoms with Crippen LogP contribution in [0.3, 0.4) is 0 Å². The minimum atomic E-state index is -0.232. The standard InChI is InChI=1S/C15H22ClFN2/c1-10(2)6-13-9-19(11(3)8-18-13)15-5-4-12(16)7-14(15)17/h4-5,7,10-11,13,18H,6,8-9H2,1-3H3. The highest BCUT2D eigenvalue weighted by Gasteiger charge is 2.27. The van der Waals surface area contributed by atoms with E-state index in [1.165, 1.54) is 6.07 Å². The molecule has 0 radical (unpaired) electrons. The maximum Gasteiger partial charge on any atom is 0.147 e. The van der Waals surface area contributed by atoms with Crippen molar-refractivity contribution in [1.82, 2.24) is 5.32 Å². The molecule has 1 saturated heterocycles. The van der Waals surface area contributed by atoms with E-state index in [1.807, 2.05) is 0 Å². The second-order valence-corrected chi connectivity index (χ2v) is 6.27. The topological polar surface area (TPSA) is 15.3 Å². The normalized spacial score (nSPS) is 24.0. The number of hydrogen-bond donors (Lipinski definition) is 1. The molecule has 2 rings (SSSR count). The molecular formula is C15H22ClFN2. The number of anilines is 1. The first kappa shape index (κ1) is 14.6. The molecule has 0 aliphatic carbocycles. The predicted octanol–water partition coefficient (Wildman–Crippen LogP) is 3.69. The van der Waals surface area contributed by atoms with Gasteiger partial charge in [0.05, 0.1) is 5.69 Å². The van der Waals surface area contributed by atoms with Gasteiger partial charge in [0.2, 0.25) is 0 Å². The molecule has 1 aromatic rings. The van der Waals surface area contributed by atoms with Gasteiger partial charge in [0, 0.05) is 30.2 Å². The summed E-state index contributed by atoms with van der Waals surface area (Å²) in [6, 6.07) is 5.65. The minimum Gasteiger partial charge on any atom is -0.364 e. The Morgan fingerprint density at radius 2 is 2.21 bits per heavy atom. The van der Waals surface area contributed by atoms with Crippen LogP contribution in [-0.4, -0.2) is 25.2 Å². The van der Waals surface area contributed by atoms with Gasteiger partial charge in [-0.2, -0.15) is 0 Å². The SMILES string of the molecule is CC(C)CC1CN(c2ccc(Cl)cc2F)C(C)CN1. The zero-order chi connectivity index (χ0) is 14.0. The molecule has 1 N–H and O–H groups in total. The van der Waals surface area contributed by atoms with Crippen LogP contribution in [0.5, 0.6) is 0 Å². The summed E-state index contributed by atoms with van der Waals surface area (Å²) in [4.78, 5) is 2.15. The first-order valence-electron chi connectivity index (χ1n) is 6.92. The molecular weight excluding hydrogens is 263 g/mol. The maximum atomic E-state index is 14.1. The average molecular weight is 285 g/mol. The van der Waals surface area contributed by atoms with Crippen molar-refractivity contribution in [2.75, 3.05) is 18.0 Å². The minimum absolute atomic E-state index is 0.232. The first-order chi connectivity index (χ1) is 8.97. The molecule has 0 amide bonds. The highest BCUT2D eigenvalue weighted by Crippen LogP contribution is 2.26. The molecule has 1 aliphatic rings. The lowest BCUT2D eigenvalue weighted by molar-refractivity contribution is 0.354. The third kappa shape index (κ3) is 3.61. The monoisotopic (exact) mass is 284 g/mol. The number of benzene rings is 1. The van der Waals surface area contributed by atoms with Gasteiger partial charge < -0.3 is 10.2 Å². The molecule has 2 atom stereocenters. The molecule has 0 aromatic heterocycles. The van der Waals surface area contributed by atoms with E-state index in [1.54, 1.807) is 12.1 Å². The molecule has 0 spiro atoms. The second kappa shape index (κ2) is 6.10. The third-order valence-electron chi connectivity index (χ3n) is 3.63. The Hall–Kier alpha value is -0.800. The molecule has 2 nitrogen and oxygen atoms in total. The zero-order valence-corrected chi connectivity index (χ0v) is 12.5. The van der Waals surface area contributed by atoms with Gasteiger partial charge in [-0.15, -0.1) is 0 Å². The fourth-order valence-electron chi connectivity index (χ4n) is 2.71. The van der Waals surface area contributed by atoms with Gasteiger partial charge in [0.15, 0.2) is 0 Å². The Kier molecular flexibility index (Phi) is 4.69. The van der Waals surface area contributed by atoms with Crippen molar-refractivity contribution in [3.8, 4) is 0 Å². The van der Waals surface area contributed by atoms with Crippen molar-refractivity contribution in [3.05, 3.63) is 29.0 Å². The highest BCUT2D eigenvalue weighted by atomic mass is 35.5. The van der Waals surface area contributed by atoms with E-state index in [9.17, 15) is 4.39 Å². The predicted molar refractivity (Wildman–Crippen MR) is 79.5 cm³/mol. The molecule has 2 unspecified atom stereocenters. The highest BCUT2D eigenvalue weighted by molar-refractivity contribution is 6.30. The summed E-state index contributed by atoms with van der Waals surface area (Å²) >= 11 is 5.82. The van der Waals surface area contributed by atoms with Crippen LogP contribution in [0.2, 0.25) is 5.02 Å². The maximum absolute atomic E-state index is 14.1. The number of nitrogens with zero attached hydrogens (tertiary/aromatic N) is 1. The van der Waals surface area contributed by atoms with E-state index in [2.05, 4.69) is 31.0 Å². The molecule has 1 fully saturated rings. The van der Waals surface area contributed by atoms with Crippen molar-refractivity contribution in [1.29, 1.82) is 0 Å². The van der Waals surface area contributed by atoms with Gasteiger partial charge in [0.1, 0.15) is 5.82 Å². The lowest BCUT2D eigenvalue weighted by Crippen LogP contribution is -2.56. The van der Waals surface area contributed by atoms with Gasteiger partial charge in [-0.25, -0.2) is 4.39 Å². The van der Waals surface area contributed by atoms with Crippen LogP contribution in [0.15, 0.2) is 18.2 Å².